The molecule has 0 radical (unpaired) electrons. The van der Waals surface area contributed by atoms with Crippen molar-refractivity contribution in [2.75, 3.05) is 11.9 Å². The summed E-state index contributed by atoms with van der Waals surface area (Å²) in [7, 11) is 0. The summed E-state index contributed by atoms with van der Waals surface area (Å²) < 4.78 is 0. The van der Waals surface area contributed by atoms with Crippen LogP contribution in [-0.4, -0.2) is 34.3 Å². The maximum Gasteiger partial charge on any atom is 0.244 e. The van der Waals surface area contributed by atoms with Crippen molar-refractivity contribution < 1.29 is 19.5 Å². The third-order valence-electron chi connectivity index (χ3n) is 5.04. The Kier molecular flexibility index (Phi) is 3.01. The minimum Gasteiger partial charge on any atom is -0.506 e. The second-order valence-electron chi connectivity index (χ2n) is 6.33. The first kappa shape index (κ1) is 14.0. The first-order chi connectivity index (χ1) is 11.1. The van der Waals surface area contributed by atoms with Gasteiger partial charge in [-0.1, -0.05) is 24.3 Å². The third kappa shape index (κ3) is 2.05. The minimum atomic E-state index is -0.492. The molecular formula is C17H16N2O4. The number of nitrogens with one attached hydrogen (secondary N) is 1. The SMILES string of the molecule is O=C(CN1C(=O)[C@@H]2[C@H](C1=O)[C@H]1C=C[C@H]2C1)Nc1ccccc1O. The number of rotatable bonds is 3. The average molecular weight is 312 g/mol. The molecule has 1 aromatic carbocycles. The molecule has 6 nitrogen and oxygen atoms in total. The van der Waals surface area contributed by atoms with Gasteiger partial charge in [0.15, 0.2) is 0 Å². The van der Waals surface area contributed by atoms with Crippen molar-refractivity contribution in [3.05, 3.63) is 36.4 Å². The van der Waals surface area contributed by atoms with Crippen LogP contribution in [0.2, 0.25) is 0 Å². The van der Waals surface area contributed by atoms with E-state index < -0.39 is 5.91 Å². The van der Waals surface area contributed by atoms with Crippen molar-refractivity contribution in [1.82, 2.24) is 4.90 Å². The molecule has 3 aliphatic rings. The zero-order chi connectivity index (χ0) is 16.1. The Labute approximate surface area is 132 Å². The van der Waals surface area contributed by atoms with Crippen LogP contribution in [-0.2, 0) is 14.4 Å². The van der Waals surface area contributed by atoms with E-state index >= 15 is 0 Å². The number of allylic oxidation sites excluding steroid dienone is 2. The van der Waals surface area contributed by atoms with E-state index in [-0.39, 0.29) is 53.5 Å². The Morgan fingerprint density at radius 2 is 1.74 bits per heavy atom. The van der Waals surface area contributed by atoms with Crippen molar-refractivity contribution in [3.63, 3.8) is 0 Å². The van der Waals surface area contributed by atoms with Crippen LogP contribution in [0.5, 0.6) is 5.75 Å². The van der Waals surface area contributed by atoms with Crippen molar-refractivity contribution in [3.8, 4) is 5.75 Å². The molecule has 1 aliphatic heterocycles. The van der Waals surface area contributed by atoms with Crippen LogP contribution in [0, 0.1) is 23.7 Å². The number of benzene rings is 1. The lowest BCUT2D eigenvalue weighted by Crippen LogP contribution is -2.39. The van der Waals surface area contributed by atoms with Crippen LogP contribution in [0.1, 0.15) is 6.42 Å². The highest BCUT2D eigenvalue weighted by atomic mass is 16.3. The molecule has 1 aromatic rings. The maximum absolute atomic E-state index is 12.5. The molecule has 2 bridgehead atoms. The molecule has 0 unspecified atom stereocenters. The van der Waals surface area contributed by atoms with Gasteiger partial charge in [-0.15, -0.1) is 0 Å². The molecule has 0 aromatic heterocycles. The van der Waals surface area contributed by atoms with Gasteiger partial charge in [-0.25, -0.2) is 0 Å². The smallest absolute Gasteiger partial charge is 0.244 e. The lowest BCUT2D eigenvalue weighted by Gasteiger charge is -2.17. The number of carbonyl (C=O) groups is 3. The summed E-state index contributed by atoms with van der Waals surface area (Å²) >= 11 is 0. The number of hydrogen-bond donors (Lipinski definition) is 2. The molecular weight excluding hydrogens is 296 g/mol. The monoisotopic (exact) mass is 312 g/mol. The van der Waals surface area contributed by atoms with Gasteiger partial charge in [0.1, 0.15) is 12.3 Å². The number of amides is 3. The van der Waals surface area contributed by atoms with E-state index in [4.69, 9.17) is 0 Å². The van der Waals surface area contributed by atoms with Crippen molar-refractivity contribution in [1.29, 1.82) is 0 Å². The zero-order valence-electron chi connectivity index (χ0n) is 12.3. The lowest BCUT2D eigenvalue weighted by atomic mass is 9.85. The highest BCUT2D eigenvalue weighted by molar-refractivity contribution is 6.09. The zero-order valence-corrected chi connectivity index (χ0v) is 12.3. The van der Waals surface area contributed by atoms with Crippen LogP contribution in [0.15, 0.2) is 36.4 Å². The molecule has 118 valence electrons. The predicted molar refractivity (Wildman–Crippen MR) is 81.2 cm³/mol. The molecule has 1 heterocycles. The van der Waals surface area contributed by atoms with E-state index in [1.54, 1.807) is 18.2 Å². The number of anilines is 1. The fourth-order valence-corrected chi connectivity index (χ4v) is 4.03. The van der Waals surface area contributed by atoms with E-state index in [1.807, 2.05) is 12.2 Å². The molecule has 2 N–H and O–H groups in total. The number of nitrogens with zero attached hydrogens (tertiary/aromatic N) is 1. The standard InChI is InChI=1S/C17H16N2O4/c20-12-4-2-1-3-11(12)18-13(21)8-19-16(22)14-9-5-6-10(7-9)15(14)17(19)23/h1-6,9-10,14-15,20H,7-8H2,(H,18,21)/t9-,10-,14-,15+/m0/s1. The summed E-state index contributed by atoms with van der Waals surface area (Å²) in [5, 5.41) is 12.2. The summed E-state index contributed by atoms with van der Waals surface area (Å²) in [6.07, 6.45) is 4.90. The van der Waals surface area contributed by atoms with Crippen LogP contribution >= 0.6 is 0 Å². The summed E-state index contributed by atoms with van der Waals surface area (Å²) in [6.45, 7) is -0.307. The van der Waals surface area contributed by atoms with Crippen LogP contribution in [0.25, 0.3) is 0 Å². The highest BCUT2D eigenvalue weighted by Gasteiger charge is 2.59. The Morgan fingerprint density at radius 3 is 2.35 bits per heavy atom. The number of fused-ring (bicyclic) bond motifs is 5. The van der Waals surface area contributed by atoms with Gasteiger partial charge in [0.2, 0.25) is 17.7 Å². The molecule has 4 atom stereocenters. The molecule has 4 rings (SSSR count). The fraction of sp³-hybridized carbons (Fsp3) is 0.353. The quantitative estimate of drug-likeness (QED) is 0.498. The van der Waals surface area contributed by atoms with E-state index in [9.17, 15) is 19.5 Å². The van der Waals surface area contributed by atoms with Gasteiger partial charge in [0.25, 0.3) is 0 Å². The van der Waals surface area contributed by atoms with E-state index in [0.29, 0.717) is 0 Å². The number of aromatic hydroxyl groups is 1. The first-order valence-corrected chi connectivity index (χ1v) is 7.67. The summed E-state index contributed by atoms with van der Waals surface area (Å²) in [4.78, 5) is 38.2. The van der Waals surface area contributed by atoms with Gasteiger partial charge in [0, 0.05) is 0 Å². The molecule has 0 spiro atoms. The normalized spacial score (nSPS) is 30.9. The van der Waals surface area contributed by atoms with Crippen LogP contribution in [0.3, 0.4) is 0 Å². The first-order valence-electron chi connectivity index (χ1n) is 7.67. The predicted octanol–water partition coefficient (Wildman–Crippen LogP) is 1.14. The summed E-state index contributed by atoms with van der Waals surface area (Å²) in [5.74, 6) is -1.37. The van der Waals surface area contributed by atoms with E-state index in [1.165, 1.54) is 6.07 Å². The molecule has 6 heteroatoms. The molecule has 3 amide bonds. The van der Waals surface area contributed by atoms with Crippen molar-refractivity contribution in [2.24, 2.45) is 23.7 Å². The number of imide groups is 1. The van der Waals surface area contributed by atoms with Crippen molar-refractivity contribution >= 4 is 23.4 Å². The number of phenolic OH excluding ortho intramolecular Hbond substituents is 1. The minimum absolute atomic E-state index is 0.0564. The second-order valence-corrected chi connectivity index (χ2v) is 6.33. The van der Waals surface area contributed by atoms with Gasteiger partial charge in [0.05, 0.1) is 17.5 Å². The Morgan fingerprint density at radius 1 is 1.13 bits per heavy atom. The number of para-hydroxylation sites is 2. The van der Waals surface area contributed by atoms with Gasteiger partial charge >= 0.3 is 0 Å². The van der Waals surface area contributed by atoms with Gasteiger partial charge in [-0.2, -0.15) is 0 Å². The molecule has 2 aliphatic carbocycles. The van der Waals surface area contributed by atoms with Gasteiger partial charge in [-0.3, -0.25) is 19.3 Å². The Balaban J connectivity index is 1.48. The van der Waals surface area contributed by atoms with Gasteiger partial charge < -0.3 is 10.4 Å². The number of likely N-dealkylation sites (tertiary alicyclic amines) is 1. The summed E-state index contributed by atoms with van der Waals surface area (Å²) in [5.41, 5.74) is 0.263. The average Bonchev–Trinajstić information content (AvgIpc) is 3.19. The van der Waals surface area contributed by atoms with Crippen LogP contribution in [0.4, 0.5) is 5.69 Å². The lowest BCUT2D eigenvalue weighted by molar-refractivity contribution is -0.143. The van der Waals surface area contributed by atoms with E-state index in [2.05, 4.69) is 5.32 Å². The van der Waals surface area contributed by atoms with Crippen LogP contribution < -0.4 is 5.32 Å². The highest BCUT2D eigenvalue weighted by Crippen LogP contribution is 2.52. The number of phenols is 1. The summed E-state index contributed by atoms with van der Waals surface area (Å²) in [6, 6.07) is 6.33. The number of hydrogen-bond acceptors (Lipinski definition) is 4. The molecule has 2 fully saturated rings. The Hall–Kier alpha value is -2.63. The maximum atomic E-state index is 12.5. The largest absolute Gasteiger partial charge is 0.506 e. The molecule has 1 saturated heterocycles. The molecule has 1 saturated carbocycles. The number of carbonyl (C=O) groups excluding carboxylic acids is 3. The van der Waals surface area contributed by atoms with Crippen molar-refractivity contribution in [2.45, 2.75) is 6.42 Å². The Bertz CT molecular complexity index is 712. The fourth-order valence-electron chi connectivity index (χ4n) is 4.03. The van der Waals surface area contributed by atoms with Gasteiger partial charge in [-0.05, 0) is 30.4 Å². The second kappa shape index (κ2) is 4.94. The topological polar surface area (TPSA) is 86.7 Å². The van der Waals surface area contributed by atoms with E-state index in [0.717, 1.165) is 11.3 Å². The third-order valence-corrected chi connectivity index (χ3v) is 5.04. The molecule has 23 heavy (non-hydrogen) atoms.